The van der Waals surface area contributed by atoms with Crippen LogP contribution >= 0.6 is 0 Å². The van der Waals surface area contributed by atoms with Crippen LogP contribution < -0.4 is 11.5 Å². The van der Waals surface area contributed by atoms with E-state index in [1.807, 2.05) is 12.2 Å². The molecule has 0 saturated heterocycles. The van der Waals surface area contributed by atoms with Gasteiger partial charge in [0.1, 0.15) is 11.4 Å². The molecule has 10 aliphatic carbocycles. The number of hydrogen-bond donors (Lipinski definition) is 4. The summed E-state index contributed by atoms with van der Waals surface area (Å²) in [7, 11) is 0. The first-order valence-corrected chi connectivity index (χ1v) is 14.8. The molecule has 8 saturated carbocycles. The van der Waals surface area contributed by atoms with Gasteiger partial charge < -0.3 is 21.7 Å². The average Bonchev–Trinajstić information content (AvgIpc) is 2.77. The topological polar surface area (TPSA) is 92.5 Å². The minimum absolute atomic E-state index is 0.299. The Morgan fingerprint density at radius 1 is 0.583 bits per heavy atom. The third-order valence-corrected chi connectivity index (χ3v) is 12.9. The van der Waals surface area contributed by atoms with Gasteiger partial charge in [-0.25, -0.2) is 0 Å². The number of rotatable bonds is 3. The van der Waals surface area contributed by atoms with Gasteiger partial charge in [-0.15, -0.1) is 0 Å². The van der Waals surface area contributed by atoms with Gasteiger partial charge in [-0.2, -0.15) is 0 Å². The van der Waals surface area contributed by atoms with Gasteiger partial charge >= 0.3 is 0 Å². The second-order valence-electron chi connectivity index (χ2n) is 15.4. The van der Waals surface area contributed by atoms with Gasteiger partial charge in [-0.1, -0.05) is 24.3 Å². The van der Waals surface area contributed by atoms with Crippen molar-refractivity contribution in [1.82, 2.24) is 0 Å². The van der Waals surface area contributed by atoms with Crippen molar-refractivity contribution in [1.29, 1.82) is 0 Å². The van der Waals surface area contributed by atoms with Crippen LogP contribution in [0.5, 0.6) is 0 Å². The van der Waals surface area contributed by atoms with E-state index in [0.717, 1.165) is 23.7 Å². The average molecular weight is 489 g/mol. The molecular weight excluding hydrogens is 444 g/mol. The maximum Gasteiger partial charge on any atom is 0.136 e. The Kier molecular flexibility index (Phi) is 4.34. The summed E-state index contributed by atoms with van der Waals surface area (Å²) in [6, 6.07) is 0. The quantitative estimate of drug-likeness (QED) is 0.410. The third-order valence-electron chi connectivity index (χ3n) is 12.9. The van der Waals surface area contributed by atoms with Crippen molar-refractivity contribution in [3.63, 3.8) is 0 Å². The van der Waals surface area contributed by atoms with Gasteiger partial charge in [0.25, 0.3) is 0 Å². The molecule has 0 aliphatic heterocycles. The normalized spacial score (nSPS) is 58.3. The third kappa shape index (κ3) is 3.08. The lowest BCUT2D eigenvalue weighted by Crippen LogP contribution is -2.65. The molecule has 10 rings (SSSR count). The summed E-state index contributed by atoms with van der Waals surface area (Å²) in [5.74, 6) is 3.46. The molecule has 0 heterocycles. The van der Waals surface area contributed by atoms with E-state index in [1.165, 1.54) is 88.2 Å². The van der Waals surface area contributed by atoms with Crippen LogP contribution in [0.2, 0.25) is 0 Å². The Labute approximate surface area is 216 Å². The lowest BCUT2D eigenvalue weighted by atomic mass is 9.30. The molecule has 4 heteroatoms. The summed E-state index contributed by atoms with van der Waals surface area (Å²) in [4.78, 5) is 0. The molecule has 10 aliphatic rings. The second kappa shape index (κ2) is 6.86. The SMILES string of the molecule is NC1(O)C=CC(C23CC4CC(C2)CC(C25CC6CC(CC(C7=CCC(N)(O)C=C7)(C6)C2)C5)(C4)C3)=CC1. The fourth-order valence-corrected chi connectivity index (χ4v) is 12.5. The molecule has 0 aromatic carbocycles. The van der Waals surface area contributed by atoms with E-state index in [4.69, 9.17) is 11.5 Å². The van der Waals surface area contributed by atoms with Crippen molar-refractivity contribution in [2.45, 2.75) is 101 Å². The van der Waals surface area contributed by atoms with Crippen LogP contribution in [0, 0.1) is 45.3 Å². The molecule has 6 unspecified atom stereocenters. The van der Waals surface area contributed by atoms with Crippen molar-refractivity contribution < 1.29 is 10.2 Å². The Hall–Kier alpha value is -1.20. The maximum atomic E-state index is 10.4. The molecule has 6 N–H and O–H groups in total. The number of nitrogens with two attached hydrogens (primary N) is 2. The molecule has 0 spiro atoms. The Balaban J connectivity index is 1.18. The van der Waals surface area contributed by atoms with E-state index >= 15 is 0 Å². The minimum Gasteiger partial charge on any atom is -0.372 e. The van der Waals surface area contributed by atoms with Crippen molar-refractivity contribution in [3.8, 4) is 0 Å². The highest BCUT2D eigenvalue weighted by atomic mass is 16.3. The number of hydrogen-bond acceptors (Lipinski definition) is 4. The van der Waals surface area contributed by atoms with Gasteiger partial charge in [0.15, 0.2) is 0 Å². The van der Waals surface area contributed by atoms with Gasteiger partial charge in [-0.3, -0.25) is 0 Å². The monoisotopic (exact) mass is 488 g/mol. The van der Waals surface area contributed by atoms with Crippen molar-refractivity contribution in [2.24, 2.45) is 56.8 Å². The summed E-state index contributed by atoms with van der Waals surface area (Å²) in [6.45, 7) is 0. The molecule has 0 aromatic rings. The van der Waals surface area contributed by atoms with Crippen molar-refractivity contribution in [3.05, 3.63) is 47.6 Å². The van der Waals surface area contributed by atoms with Gasteiger partial charge in [-0.05, 0) is 146 Å². The van der Waals surface area contributed by atoms with E-state index in [0.29, 0.717) is 34.5 Å². The highest BCUT2D eigenvalue weighted by Crippen LogP contribution is 2.80. The first-order chi connectivity index (χ1) is 17.0. The largest absolute Gasteiger partial charge is 0.372 e. The highest BCUT2D eigenvalue weighted by molar-refractivity contribution is 5.39. The Bertz CT molecular complexity index is 1010. The summed E-state index contributed by atoms with van der Waals surface area (Å²) in [5.41, 5.74) is 14.3. The lowest BCUT2D eigenvalue weighted by molar-refractivity contribution is -0.226. The second-order valence-corrected chi connectivity index (χ2v) is 15.4. The van der Waals surface area contributed by atoms with Gasteiger partial charge in [0, 0.05) is 12.8 Å². The summed E-state index contributed by atoms with van der Waals surface area (Å²) < 4.78 is 0. The lowest BCUT2D eigenvalue weighted by Gasteiger charge is -2.74. The van der Waals surface area contributed by atoms with Crippen LogP contribution in [0.4, 0.5) is 0 Å². The Morgan fingerprint density at radius 3 is 1.25 bits per heavy atom. The molecule has 0 amide bonds. The van der Waals surface area contributed by atoms with Crippen molar-refractivity contribution >= 4 is 0 Å². The summed E-state index contributed by atoms with van der Waals surface area (Å²) >= 11 is 0. The summed E-state index contributed by atoms with van der Waals surface area (Å²) in [5, 5.41) is 20.8. The van der Waals surface area contributed by atoms with Gasteiger partial charge in [0.2, 0.25) is 0 Å². The predicted octanol–water partition coefficient (Wildman–Crippen LogP) is 5.23. The molecule has 8 bridgehead atoms. The zero-order chi connectivity index (χ0) is 24.6. The van der Waals surface area contributed by atoms with Crippen LogP contribution in [0.1, 0.15) is 89.9 Å². The maximum absolute atomic E-state index is 10.4. The van der Waals surface area contributed by atoms with E-state index in [-0.39, 0.29) is 0 Å². The predicted molar refractivity (Wildman–Crippen MR) is 141 cm³/mol. The van der Waals surface area contributed by atoms with E-state index in [2.05, 4.69) is 24.3 Å². The molecule has 0 aromatic heterocycles. The number of allylic oxidation sites excluding steroid dienone is 4. The highest BCUT2D eigenvalue weighted by Gasteiger charge is 2.70. The van der Waals surface area contributed by atoms with E-state index in [1.54, 1.807) is 0 Å². The zero-order valence-electron chi connectivity index (χ0n) is 21.7. The fourth-order valence-electron chi connectivity index (χ4n) is 12.5. The molecular formula is C32H44N2O2. The van der Waals surface area contributed by atoms with E-state index < -0.39 is 11.4 Å². The van der Waals surface area contributed by atoms with Crippen LogP contribution in [0.15, 0.2) is 47.6 Å². The number of aliphatic hydroxyl groups is 2. The summed E-state index contributed by atoms with van der Waals surface area (Å²) in [6.07, 6.45) is 30.7. The van der Waals surface area contributed by atoms with Crippen LogP contribution in [0.3, 0.4) is 0 Å². The molecule has 8 fully saturated rings. The molecule has 194 valence electrons. The zero-order valence-corrected chi connectivity index (χ0v) is 21.7. The minimum atomic E-state index is -1.17. The van der Waals surface area contributed by atoms with Crippen LogP contribution in [0.25, 0.3) is 0 Å². The van der Waals surface area contributed by atoms with Crippen LogP contribution in [-0.4, -0.2) is 21.7 Å². The smallest absolute Gasteiger partial charge is 0.136 e. The standard InChI is InChI=1S/C32H44N2O2/c33-31(35)5-1-25(2-6-31)27-11-21-9-22(12-27)16-29(15-21,19-27)30-17-23-10-24(18-30)14-28(13-23,20-30)26-3-7-32(34,36)8-4-26/h1-5,7,21-24,35-36H,6,8-20,33-34H2. The van der Waals surface area contributed by atoms with Gasteiger partial charge in [0.05, 0.1) is 0 Å². The molecule has 36 heavy (non-hydrogen) atoms. The van der Waals surface area contributed by atoms with E-state index in [9.17, 15) is 10.2 Å². The van der Waals surface area contributed by atoms with Crippen molar-refractivity contribution in [2.75, 3.05) is 0 Å². The first-order valence-electron chi connectivity index (χ1n) is 14.8. The first kappa shape index (κ1) is 22.8. The molecule has 0 radical (unpaired) electrons. The fraction of sp³-hybridized carbons (Fsp3) is 0.750. The molecule has 4 nitrogen and oxygen atoms in total. The van der Waals surface area contributed by atoms with Crippen LogP contribution in [-0.2, 0) is 0 Å². The Morgan fingerprint density at radius 2 is 0.944 bits per heavy atom. The molecule has 6 atom stereocenters.